The number of hydrogen-bond donors (Lipinski definition) is 0. The Morgan fingerprint density at radius 2 is 2.16 bits per heavy atom. The van der Waals surface area contributed by atoms with Crippen molar-refractivity contribution in [2.24, 2.45) is 0 Å². The lowest BCUT2D eigenvalue weighted by Gasteiger charge is -2.10. The normalized spacial score (nSPS) is 11.0. The van der Waals surface area contributed by atoms with Crippen molar-refractivity contribution in [2.45, 2.75) is 31.8 Å². The Hall–Kier alpha value is -1.36. The SMILES string of the molecule is CC(C)n1ccc(COc2c(F)cccc2CBr)n1. The summed E-state index contributed by atoms with van der Waals surface area (Å²) in [5.74, 6) is -0.0567. The molecule has 0 atom stereocenters. The topological polar surface area (TPSA) is 27.1 Å². The zero-order valence-electron chi connectivity index (χ0n) is 10.9. The Labute approximate surface area is 120 Å². The van der Waals surface area contributed by atoms with Crippen molar-refractivity contribution in [3.63, 3.8) is 0 Å². The van der Waals surface area contributed by atoms with Gasteiger partial charge in [-0.3, -0.25) is 4.68 Å². The third-order valence-electron chi connectivity index (χ3n) is 2.75. The standard InChI is InChI=1S/C14H16BrFN2O/c1-10(2)18-7-6-12(17-18)9-19-14-11(8-15)4-3-5-13(14)16/h3-7,10H,8-9H2,1-2H3. The molecule has 0 aliphatic heterocycles. The average molecular weight is 327 g/mol. The minimum absolute atomic E-state index is 0.265. The average Bonchev–Trinajstić information content (AvgIpc) is 2.86. The number of halogens is 2. The van der Waals surface area contributed by atoms with Gasteiger partial charge < -0.3 is 4.74 Å². The first-order valence-corrected chi connectivity index (χ1v) is 7.24. The monoisotopic (exact) mass is 326 g/mol. The summed E-state index contributed by atoms with van der Waals surface area (Å²) < 4.78 is 21.1. The molecule has 2 rings (SSSR count). The zero-order chi connectivity index (χ0) is 13.8. The molecule has 19 heavy (non-hydrogen) atoms. The van der Waals surface area contributed by atoms with Gasteiger partial charge in [0.25, 0.3) is 0 Å². The van der Waals surface area contributed by atoms with Crippen molar-refractivity contribution in [3.05, 3.63) is 47.5 Å². The van der Waals surface area contributed by atoms with Gasteiger partial charge in [0, 0.05) is 23.1 Å². The molecule has 0 unspecified atom stereocenters. The summed E-state index contributed by atoms with van der Waals surface area (Å²) in [6, 6.07) is 7.09. The quantitative estimate of drug-likeness (QED) is 0.774. The van der Waals surface area contributed by atoms with Crippen LogP contribution in [0.25, 0.3) is 0 Å². The zero-order valence-corrected chi connectivity index (χ0v) is 12.5. The van der Waals surface area contributed by atoms with Crippen molar-refractivity contribution in [3.8, 4) is 5.75 Å². The molecule has 102 valence electrons. The van der Waals surface area contributed by atoms with Crippen molar-refractivity contribution < 1.29 is 9.13 Å². The highest BCUT2D eigenvalue weighted by atomic mass is 79.9. The first kappa shape index (κ1) is 14.1. The number of rotatable bonds is 5. The van der Waals surface area contributed by atoms with Crippen LogP contribution < -0.4 is 4.74 Å². The highest BCUT2D eigenvalue weighted by Gasteiger charge is 2.10. The molecule has 1 aromatic heterocycles. The lowest BCUT2D eigenvalue weighted by Crippen LogP contribution is -2.04. The van der Waals surface area contributed by atoms with Crippen LogP contribution in [-0.2, 0) is 11.9 Å². The molecule has 2 aromatic rings. The smallest absolute Gasteiger partial charge is 0.165 e. The Bertz CT molecular complexity index is 554. The van der Waals surface area contributed by atoms with Gasteiger partial charge in [0.2, 0.25) is 0 Å². The van der Waals surface area contributed by atoms with Crippen LogP contribution in [0.5, 0.6) is 5.75 Å². The molecule has 1 heterocycles. The van der Waals surface area contributed by atoms with Crippen molar-refractivity contribution in [2.75, 3.05) is 0 Å². The minimum atomic E-state index is -0.347. The van der Waals surface area contributed by atoms with Gasteiger partial charge in [-0.15, -0.1) is 0 Å². The highest BCUT2D eigenvalue weighted by molar-refractivity contribution is 9.08. The van der Waals surface area contributed by atoms with Gasteiger partial charge in [-0.25, -0.2) is 4.39 Å². The number of alkyl halides is 1. The number of aromatic nitrogens is 2. The summed E-state index contributed by atoms with van der Waals surface area (Å²) in [5, 5.41) is 4.92. The number of benzene rings is 1. The fraction of sp³-hybridized carbons (Fsp3) is 0.357. The van der Waals surface area contributed by atoms with Crippen LogP contribution in [0.15, 0.2) is 30.5 Å². The maximum absolute atomic E-state index is 13.7. The largest absolute Gasteiger partial charge is 0.484 e. The second-order valence-corrected chi connectivity index (χ2v) is 5.09. The van der Waals surface area contributed by atoms with Crippen LogP contribution >= 0.6 is 15.9 Å². The van der Waals surface area contributed by atoms with E-state index in [1.807, 2.05) is 23.0 Å². The Morgan fingerprint density at radius 1 is 1.37 bits per heavy atom. The van der Waals surface area contributed by atoms with Crippen LogP contribution in [0.1, 0.15) is 31.1 Å². The summed E-state index contributed by atoms with van der Waals surface area (Å²) in [6.45, 7) is 4.37. The van der Waals surface area contributed by atoms with Gasteiger partial charge in [0.05, 0.1) is 5.69 Å². The van der Waals surface area contributed by atoms with Gasteiger partial charge in [0.1, 0.15) is 6.61 Å². The molecular weight excluding hydrogens is 311 g/mol. The number of para-hydroxylation sites is 1. The molecule has 0 spiro atoms. The van der Waals surface area contributed by atoms with E-state index in [0.717, 1.165) is 11.3 Å². The Morgan fingerprint density at radius 3 is 2.79 bits per heavy atom. The molecule has 0 amide bonds. The summed E-state index contributed by atoms with van der Waals surface area (Å²) in [7, 11) is 0. The minimum Gasteiger partial charge on any atom is -0.484 e. The van der Waals surface area contributed by atoms with E-state index in [0.29, 0.717) is 17.1 Å². The lowest BCUT2D eigenvalue weighted by atomic mass is 10.2. The van der Waals surface area contributed by atoms with Crippen molar-refractivity contribution in [1.82, 2.24) is 9.78 Å². The highest BCUT2D eigenvalue weighted by Crippen LogP contribution is 2.25. The first-order valence-electron chi connectivity index (χ1n) is 6.12. The molecule has 0 saturated heterocycles. The van der Waals surface area contributed by atoms with Crippen LogP contribution in [0.4, 0.5) is 4.39 Å². The Kier molecular flexibility index (Phi) is 4.58. The van der Waals surface area contributed by atoms with Gasteiger partial charge in [-0.05, 0) is 26.0 Å². The number of hydrogen-bond acceptors (Lipinski definition) is 2. The van der Waals surface area contributed by atoms with Crippen LogP contribution in [0.3, 0.4) is 0 Å². The van der Waals surface area contributed by atoms with E-state index in [2.05, 4.69) is 34.9 Å². The number of nitrogens with zero attached hydrogens (tertiary/aromatic N) is 2. The molecule has 0 aliphatic carbocycles. The summed E-state index contributed by atoms with van der Waals surface area (Å²) in [4.78, 5) is 0. The molecule has 0 bridgehead atoms. The third kappa shape index (κ3) is 3.35. The summed E-state index contributed by atoms with van der Waals surface area (Å²) in [6.07, 6.45) is 1.90. The van der Waals surface area contributed by atoms with Crippen LogP contribution in [-0.4, -0.2) is 9.78 Å². The Balaban J connectivity index is 2.09. The predicted octanol–water partition coefficient (Wildman–Crippen LogP) is 4.08. The van der Waals surface area contributed by atoms with E-state index < -0.39 is 0 Å². The fourth-order valence-corrected chi connectivity index (χ4v) is 2.15. The molecule has 5 heteroatoms. The van der Waals surface area contributed by atoms with E-state index in [1.54, 1.807) is 6.07 Å². The first-order chi connectivity index (χ1) is 9.11. The summed E-state index contributed by atoms with van der Waals surface area (Å²) >= 11 is 3.33. The lowest BCUT2D eigenvalue weighted by molar-refractivity contribution is 0.281. The van der Waals surface area contributed by atoms with Crippen LogP contribution in [0.2, 0.25) is 0 Å². The second kappa shape index (κ2) is 6.19. The molecule has 1 aromatic carbocycles. The van der Waals surface area contributed by atoms with Crippen LogP contribution in [0, 0.1) is 5.82 Å². The van der Waals surface area contributed by atoms with Gasteiger partial charge >= 0.3 is 0 Å². The molecule has 3 nitrogen and oxygen atoms in total. The predicted molar refractivity (Wildman–Crippen MR) is 76.0 cm³/mol. The summed E-state index contributed by atoms with van der Waals surface area (Å²) in [5.41, 5.74) is 1.58. The molecule has 0 radical (unpaired) electrons. The third-order valence-corrected chi connectivity index (χ3v) is 3.35. The van der Waals surface area contributed by atoms with Crippen molar-refractivity contribution in [1.29, 1.82) is 0 Å². The van der Waals surface area contributed by atoms with Gasteiger partial charge in [0.15, 0.2) is 11.6 Å². The second-order valence-electron chi connectivity index (χ2n) is 4.53. The van der Waals surface area contributed by atoms with E-state index in [4.69, 9.17) is 4.74 Å². The molecule has 0 N–H and O–H groups in total. The van der Waals surface area contributed by atoms with E-state index >= 15 is 0 Å². The maximum Gasteiger partial charge on any atom is 0.165 e. The molecule has 0 fully saturated rings. The fourth-order valence-electron chi connectivity index (χ4n) is 1.71. The maximum atomic E-state index is 13.7. The van der Waals surface area contributed by atoms with E-state index in [9.17, 15) is 4.39 Å². The van der Waals surface area contributed by atoms with E-state index in [1.165, 1.54) is 6.07 Å². The molecule has 0 aliphatic rings. The van der Waals surface area contributed by atoms with E-state index in [-0.39, 0.29) is 12.4 Å². The molecular formula is C14H16BrFN2O. The molecule has 0 saturated carbocycles. The van der Waals surface area contributed by atoms with Gasteiger partial charge in [-0.2, -0.15) is 5.10 Å². The number of ether oxygens (including phenoxy) is 1. The van der Waals surface area contributed by atoms with Crippen molar-refractivity contribution >= 4 is 15.9 Å². The van der Waals surface area contributed by atoms with Gasteiger partial charge in [-0.1, -0.05) is 28.1 Å².